The number of aliphatic hydroxyl groups is 4. The van der Waals surface area contributed by atoms with Gasteiger partial charge in [-0.25, -0.2) is 0 Å². The Balaban J connectivity index is 2.67. The lowest BCUT2D eigenvalue weighted by Gasteiger charge is -2.40. The standard InChI is InChI=1S/C9H17NO6/c1-2-5(12)10-9-8(15)7(14)6(13)4(3-11)16-9/h4,6-9,11,13-15H,2-3H2,1H3,(H,10,12)/t4-,6-,7-,8+,9?/m1/s1. The number of aliphatic hydroxyl groups excluding tert-OH is 4. The van der Waals surface area contributed by atoms with Crippen LogP contribution in [-0.4, -0.2) is 63.6 Å². The predicted octanol–water partition coefficient (Wildman–Crippen LogP) is -2.69. The van der Waals surface area contributed by atoms with E-state index in [1.54, 1.807) is 6.92 Å². The summed E-state index contributed by atoms with van der Waals surface area (Å²) in [6.45, 7) is 1.11. The summed E-state index contributed by atoms with van der Waals surface area (Å²) < 4.78 is 5.06. The molecule has 0 radical (unpaired) electrons. The molecule has 7 heteroatoms. The number of carbonyl (C=O) groups is 1. The fourth-order valence-electron chi connectivity index (χ4n) is 1.48. The summed E-state index contributed by atoms with van der Waals surface area (Å²) in [5.41, 5.74) is 0. The highest BCUT2D eigenvalue weighted by atomic mass is 16.6. The molecule has 94 valence electrons. The highest BCUT2D eigenvalue weighted by molar-refractivity contribution is 5.75. The molecule has 1 fully saturated rings. The van der Waals surface area contributed by atoms with Gasteiger partial charge in [0.2, 0.25) is 5.91 Å². The van der Waals surface area contributed by atoms with E-state index < -0.39 is 37.3 Å². The van der Waals surface area contributed by atoms with Gasteiger partial charge in [0.1, 0.15) is 24.4 Å². The summed E-state index contributed by atoms with van der Waals surface area (Å²) in [5.74, 6) is -0.357. The predicted molar refractivity (Wildman–Crippen MR) is 52.2 cm³/mol. The molecule has 1 aliphatic rings. The van der Waals surface area contributed by atoms with Crippen LogP contribution in [0.5, 0.6) is 0 Å². The first kappa shape index (κ1) is 13.3. The molecule has 1 heterocycles. The SMILES string of the molecule is CCC(=O)NC1O[C@H](CO)[C@@H](O)[C@@H](O)[C@@H]1O. The largest absolute Gasteiger partial charge is 0.394 e. The molecule has 7 nitrogen and oxygen atoms in total. The summed E-state index contributed by atoms with van der Waals surface area (Å²) in [7, 11) is 0. The maximum Gasteiger partial charge on any atom is 0.221 e. The van der Waals surface area contributed by atoms with Crippen molar-refractivity contribution >= 4 is 5.91 Å². The molecule has 1 rings (SSSR count). The molecule has 0 spiro atoms. The topological polar surface area (TPSA) is 119 Å². The molecule has 1 amide bonds. The Morgan fingerprint density at radius 1 is 1.25 bits per heavy atom. The third-order valence-electron chi connectivity index (χ3n) is 2.52. The van der Waals surface area contributed by atoms with Gasteiger partial charge in [0.25, 0.3) is 0 Å². The van der Waals surface area contributed by atoms with Crippen molar-refractivity contribution in [3.8, 4) is 0 Å². The molecule has 0 saturated carbocycles. The summed E-state index contributed by atoms with van der Waals surface area (Å²) in [5, 5.41) is 39.6. The van der Waals surface area contributed by atoms with E-state index in [0.717, 1.165) is 0 Å². The molecule has 0 aromatic rings. The van der Waals surface area contributed by atoms with Gasteiger partial charge in [0, 0.05) is 6.42 Å². The van der Waals surface area contributed by atoms with E-state index in [0.29, 0.717) is 0 Å². The molecule has 5 N–H and O–H groups in total. The zero-order valence-electron chi connectivity index (χ0n) is 8.91. The first-order valence-corrected chi connectivity index (χ1v) is 5.11. The lowest BCUT2D eigenvalue weighted by Crippen LogP contribution is -2.63. The van der Waals surface area contributed by atoms with E-state index in [-0.39, 0.29) is 12.3 Å². The van der Waals surface area contributed by atoms with Crippen LogP contribution >= 0.6 is 0 Å². The van der Waals surface area contributed by atoms with Crippen LogP contribution in [0, 0.1) is 0 Å². The number of rotatable bonds is 3. The van der Waals surface area contributed by atoms with Crippen LogP contribution < -0.4 is 5.32 Å². The Hall–Kier alpha value is -0.730. The lowest BCUT2D eigenvalue weighted by molar-refractivity contribution is -0.235. The van der Waals surface area contributed by atoms with E-state index in [1.165, 1.54) is 0 Å². The molecule has 0 aromatic heterocycles. The Bertz CT molecular complexity index is 246. The van der Waals surface area contributed by atoms with Gasteiger partial charge in [-0.15, -0.1) is 0 Å². The minimum absolute atomic E-state index is 0.203. The second-order valence-electron chi connectivity index (χ2n) is 3.67. The zero-order chi connectivity index (χ0) is 12.3. The average molecular weight is 235 g/mol. The number of amides is 1. The maximum atomic E-state index is 11.1. The monoisotopic (exact) mass is 235 g/mol. The molecule has 1 aliphatic heterocycles. The highest BCUT2D eigenvalue weighted by Crippen LogP contribution is 2.19. The second kappa shape index (κ2) is 5.55. The average Bonchev–Trinajstić information content (AvgIpc) is 2.29. The normalized spacial score (nSPS) is 39.4. The zero-order valence-corrected chi connectivity index (χ0v) is 8.91. The summed E-state index contributed by atoms with van der Waals surface area (Å²) in [6.07, 6.45) is -6.21. The van der Waals surface area contributed by atoms with Gasteiger partial charge >= 0.3 is 0 Å². The Morgan fingerprint density at radius 2 is 1.88 bits per heavy atom. The first-order valence-electron chi connectivity index (χ1n) is 5.11. The van der Waals surface area contributed by atoms with Gasteiger partial charge in [-0.05, 0) is 0 Å². The number of ether oxygens (including phenoxy) is 1. The van der Waals surface area contributed by atoms with E-state index in [4.69, 9.17) is 9.84 Å². The van der Waals surface area contributed by atoms with Crippen molar-refractivity contribution in [2.24, 2.45) is 0 Å². The molecule has 1 saturated heterocycles. The van der Waals surface area contributed by atoms with Crippen LogP contribution in [0.25, 0.3) is 0 Å². The quantitative estimate of drug-likeness (QED) is 0.363. The Labute approximate surface area is 92.7 Å². The Kier molecular flexibility index (Phi) is 4.63. The molecule has 0 aromatic carbocycles. The van der Waals surface area contributed by atoms with Gasteiger partial charge in [0.05, 0.1) is 6.61 Å². The van der Waals surface area contributed by atoms with Crippen LogP contribution in [0.15, 0.2) is 0 Å². The van der Waals surface area contributed by atoms with Crippen molar-refractivity contribution in [3.05, 3.63) is 0 Å². The van der Waals surface area contributed by atoms with Crippen LogP contribution in [0.3, 0.4) is 0 Å². The number of nitrogens with one attached hydrogen (secondary N) is 1. The van der Waals surface area contributed by atoms with Crippen LogP contribution in [-0.2, 0) is 9.53 Å². The molecular weight excluding hydrogens is 218 g/mol. The van der Waals surface area contributed by atoms with Crippen molar-refractivity contribution in [2.45, 2.75) is 44.0 Å². The van der Waals surface area contributed by atoms with Crippen molar-refractivity contribution in [1.29, 1.82) is 0 Å². The van der Waals surface area contributed by atoms with Gasteiger partial charge < -0.3 is 30.5 Å². The van der Waals surface area contributed by atoms with Crippen LogP contribution in [0.2, 0.25) is 0 Å². The first-order chi connectivity index (χ1) is 7.51. The number of hydrogen-bond acceptors (Lipinski definition) is 6. The van der Waals surface area contributed by atoms with Crippen molar-refractivity contribution in [2.75, 3.05) is 6.61 Å². The number of hydrogen-bond donors (Lipinski definition) is 5. The van der Waals surface area contributed by atoms with Gasteiger partial charge in [0.15, 0.2) is 6.23 Å². The summed E-state index contributed by atoms with van der Waals surface area (Å²) in [6, 6.07) is 0. The van der Waals surface area contributed by atoms with Gasteiger partial charge in [-0.2, -0.15) is 0 Å². The molecule has 5 atom stereocenters. The second-order valence-corrected chi connectivity index (χ2v) is 3.67. The fraction of sp³-hybridized carbons (Fsp3) is 0.889. The minimum atomic E-state index is -1.46. The molecular formula is C9H17NO6. The van der Waals surface area contributed by atoms with E-state index in [1.807, 2.05) is 0 Å². The van der Waals surface area contributed by atoms with E-state index in [2.05, 4.69) is 5.32 Å². The van der Waals surface area contributed by atoms with E-state index in [9.17, 15) is 20.1 Å². The summed E-state index contributed by atoms with van der Waals surface area (Å²) in [4.78, 5) is 11.1. The third kappa shape index (κ3) is 2.69. The maximum absolute atomic E-state index is 11.1. The van der Waals surface area contributed by atoms with Crippen LogP contribution in [0.1, 0.15) is 13.3 Å². The number of carbonyl (C=O) groups excluding carboxylic acids is 1. The van der Waals surface area contributed by atoms with Crippen molar-refractivity contribution in [3.63, 3.8) is 0 Å². The van der Waals surface area contributed by atoms with Crippen LogP contribution in [0.4, 0.5) is 0 Å². The van der Waals surface area contributed by atoms with Crippen molar-refractivity contribution in [1.82, 2.24) is 5.32 Å². The molecule has 0 aliphatic carbocycles. The van der Waals surface area contributed by atoms with Gasteiger partial charge in [-0.3, -0.25) is 4.79 Å². The highest BCUT2D eigenvalue weighted by Gasteiger charge is 2.43. The van der Waals surface area contributed by atoms with Crippen molar-refractivity contribution < 1.29 is 30.0 Å². The molecule has 16 heavy (non-hydrogen) atoms. The minimum Gasteiger partial charge on any atom is -0.394 e. The van der Waals surface area contributed by atoms with E-state index >= 15 is 0 Å². The summed E-state index contributed by atoms with van der Waals surface area (Å²) >= 11 is 0. The molecule has 1 unspecified atom stereocenters. The van der Waals surface area contributed by atoms with Gasteiger partial charge in [-0.1, -0.05) is 6.92 Å². The smallest absolute Gasteiger partial charge is 0.221 e. The molecule has 0 bridgehead atoms. The Morgan fingerprint density at radius 3 is 2.38 bits per heavy atom. The lowest BCUT2D eigenvalue weighted by atomic mass is 9.98. The third-order valence-corrected chi connectivity index (χ3v) is 2.52. The fourth-order valence-corrected chi connectivity index (χ4v) is 1.48.